The zero-order chi connectivity index (χ0) is 12.5. The molecule has 1 aromatic rings. The number of hydrogen-bond donors (Lipinski definition) is 2. The summed E-state index contributed by atoms with van der Waals surface area (Å²) in [6, 6.07) is 5.65. The summed E-state index contributed by atoms with van der Waals surface area (Å²) in [4.78, 5) is 0. The molecule has 86 valence electrons. The minimum atomic E-state index is -1.43. The quantitative estimate of drug-likeness (QED) is 0.741. The molecule has 0 saturated heterocycles. The Bertz CT molecular complexity index is 403. The second kappa shape index (κ2) is 4.44. The van der Waals surface area contributed by atoms with Gasteiger partial charge in [0.05, 0.1) is 0 Å². The minimum Gasteiger partial charge on any atom is -0.423 e. The van der Waals surface area contributed by atoms with Crippen molar-refractivity contribution in [3.05, 3.63) is 35.9 Å². The van der Waals surface area contributed by atoms with Gasteiger partial charge in [0.1, 0.15) is 0 Å². The van der Waals surface area contributed by atoms with Crippen molar-refractivity contribution in [1.82, 2.24) is 0 Å². The van der Waals surface area contributed by atoms with E-state index in [1.165, 1.54) is 0 Å². The molecule has 0 heterocycles. The highest BCUT2D eigenvalue weighted by Crippen LogP contribution is 2.24. The summed E-state index contributed by atoms with van der Waals surface area (Å²) in [5.41, 5.74) is 3.46. The van der Waals surface area contributed by atoms with Gasteiger partial charge in [0.15, 0.2) is 0 Å². The van der Waals surface area contributed by atoms with Crippen LogP contribution in [0.15, 0.2) is 24.8 Å². The maximum Gasteiger partial charge on any atom is 0.488 e. The van der Waals surface area contributed by atoms with E-state index in [2.05, 4.69) is 27.4 Å². The van der Waals surface area contributed by atoms with Crippen molar-refractivity contribution in [3.63, 3.8) is 0 Å². The van der Waals surface area contributed by atoms with Crippen molar-refractivity contribution in [2.45, 2.75) is 33.1 Å². The van der Waals surface area contributed by atoms with Crippen LogP contribution in [0.2, 0.25) is 0 Å². The van der Waals surface area contributed by atoms with Gasteiger partial charge in [-0.2, -0.15) is 0 Å². The van der Waals surface area contributed by atoms with Crippen LogP contribution in [0.5, 0.6) is 0 Å². The number of rotatable bonds is 2. The number of allylic oxidation sites excluding steroid dienone is 1. The van der Waals surface area contributed by atoms with Crippen LogP contribution in [0, 0.1) is 0 Å². The maximum atomic E-state index is 9.25. The third-order valence-electron chi connectivity index (χ3n) is 2.61. The van der Waals surface area contributed by atoms with Crippen molar-refractivity contribution in [3.8, 4) is 0 Å². The molecule has 1 rings (SSSR count). The van der Waals surface area contributed by atoms with E-state index in [1.54, 1.807) is 6.07 Å². The molecule has 0 aromatic heterocycles. The molecule has 0 unspecified atom stereocenters. The van der Waals surface area contributed by atoms with Gasteiger partial charge >= 0.3 is 7.12 Å². The summed E-state index contributed by atoms with van der Waals surface area (Å²) in [6.45, 7) is 12.1. The largest absolute Gasteiger partial charge is 0.488 e. The van der Waals surface area contributed by atoms with Gasteiger partial charge in [0, 0.05) is 0 Å². The average molecular weight is 218 g/mol. The van der Waals surface area contributed by atoms with Crippen molar-refractivity contribution < 1.29 is 10.0 Å². The Morgan fingerprint density at radius 1 is 1.19 bits per heavy atom. The summed E-state index contributed by atoms with van der Waals surface area (Å²) in [5, 5.41) is 18.5. The number of benzene rings is 1. The van der Waals surface area contributed by atoms with Crippen LogP contribution in [-0.2, 0) is 5.41 Å². The predicted octanol–water partition coefficient (Wildman–Crippen LogP) is 1.70. The lowest BCUT2D eigenvalue weighted by Gasteiger charge is -2.21. The molecule has 0 fully saturated rings. The molecule has 0 aliphatic rings. The Morgan fingerprint density at radius 3 is 2.12 bits per heavy atom. The smallest absolute Gasteiger partial charge is 0.423 e. The molecule has 0 atom stereocenters. The van der Waals surface area contributed by atoms with Gasteiger partial charge < -0.3 is 10.0 Å². The summed E-state index contributed by atoms with van der Waals surface area (Å²) in [5.74, 6) is 0. The second-order valence-corrected chi connectivity index (χ2v) is 5.25. The first-order chi connectivity index (χ1) is 7.21. The van der Waals surface area contributed by atoms with Gasteiger partial charge in [-0.15, -0.1) is 0 Å². The van der Waals surface area contributed by atoms with E-state index in [0.717, 1.165) is 16.7 Å². The highest BCUT2D eigenvalue weighted by atomic mass is 16.4. The van der Waals surface area contributed by atoms with Crippen LogP contribution in [0.1, 0.15) is 38.8 Å². The van der Waals surface area contributed by atoms with E-state index >= 15 is 0 Å². The van der Waals surface area contributed by atoms with Gasteiger partial charge in [-0.1, -0.05) is 51.1 Å². The average Bonchev–Trinajstić information content (AvgIpc) is 2.15. The normalized spacial score (nSPS) is 11.4. The van der Waals surface area contributed by atoms with E-state index < -0.39 is 7.12 Å². The molecular formula is C13H19BO2. The lowest BCUT2D eigenvalue weighted by molar-refractivity contribution is 0.425. The van der Waals surface area contributed by atoms with Gasteiger partial charge in [-0.3, -0.25) is 0 Å². The van der Waals surface area contributed by atoms with Crippen molar-refractivity contribution in [1.29, 1.82) is 0 Å². The third kappa shape index (κ3) is 2.97. The molecule has 16 heavy (non-hydrogen) atoms. The fourth-order valence-electron chi connectivity index (χ4n) is 1.48. The molecule has 0 aliphatic heterocycles. The fraction of sp³-hybridized carbons (Fsp3) is 0.385. The van der Waals surface area contributed by atoms with Crippen LogP contribution in [-0.4, -0.2) is 17.2 Å². The van der Waals surface area contributed by atoms with E-state index in [9.17, 15) is 10.0 Å². The van der Waals surface area contributed by atoms with Crippen LogP contribution >= 0.6 is 0 Å². The van der Waals surface area contributed by atoms with Gasteiger partial charge in [-0.05, 0) is 28.9 Å². The summed E-state index contributed by atoms with van der Waals surface area (Å²) < 4.78 is 0. The molecule has 0 saturated carbocycles. The lowest BCUT2D eigenvalue weighted by Crippen LogP contribution is -2.31. The Kier molecular flexibility index (Phi) is 3.61. The van der Waals surface area contributed by atoms with Crippen LogP contribution in [0.25, 0.3) is 5.57 Å². The van der Waals surface area contributed by atoms with Crippen LogP contribution in [0.4, 0.5) is 0 Å². The monoisotopic (exact) mass is 218 g/mol. The lowest BCUT2D eigenvalue weighted by atomic mass is 9.74. The second-order valence-electron chi connectivity index (χ2n) is 5.25. The first-order valence-corrected chi connectivity index (χ1v) is 5.39. The minimum absolute atomic E-state index is 0.0188. The fourth-order valence-corrected chi connectivity index (χ4v) is 1.48. The molecular weight excluding hydrogens is 199 g/mol. The molecule has 1 aromatic carbocycles. The third-order valence-corrected chi connectivity index (χ3v) is 2.61. The zero-order valence-corrected chi connectivity index (χ0v) is 10.4. The summed E-state index contributed by atoms with van der Waals surface area (Å²) in [6.07, 6.45) is 0. The maximum absolute atomic E-state index is 9.25. The first-order valence-electron chi connectivity index (χ1n) is 5.39. The van der Waals surface area contributed by atoms with Crippen LogP contribution < -0.4 is 5.46 Å². The predicted molar refractivity (Wildman–Crippen MR) is 69.7 cm³/mol. The van der Waals surface area contributed by atoms with Gasteiger partial charge in [-0.25, -0.2) is 0 Å². The van der Waals surface area contributed by atoms with E-state index in [1.807, 2.05) is 19.1 Å². The van der Waals surface area contributed by atoms with Crippen molar-refractivity contribution in [2.75, 3.05) is 0 Å². The summed E-state index contributed by atoms with van der Waals surface area (Å²) in [7, 11) is -1.43. The summed E-state index contributed by atoms with van der Waals surface area (Å²) >= 11 is 0. The molecule has 0 radical (unpaired) electrons. The SMILES string of the molecule is C=C(C)c1cc(B(O)O)cc(C(C)(C)C)c1. The molecule has 3 heteroatoms. The Hall–Kier alpha value is -1.06. The molecule has 2 N–H and O–H groups in total. The Labute approximate surface area is 97.8 Å². The Morgan fingerprint density at radius 2 is 1.75 bits per heavy atom. The zero-order valence-electron chi connectivity index (χ0n) is 10.4. The van der Waals surface area contributed by atoms with E-state index in [-0.39, 0.29) is 5.41 Å². The van der Waals surface area contributed by atoms with Gasteiger partial charge in [0.2, 0.25) is 0 Å². The molecule has 0 amide bonds. The topological polar surface area (TPSA) is 40.5 Å². The van der Waals surface area contributed by atoms with E-state index in [4.69, 9.17) is 0 Å². The standard InChI is InChI=1S/C13H19BO2/c1-9(2)10-6-11(13(3,4)5)8-12(7-10)14(15)16/h6-8,15-16H,1H2,2-5H3. The molecule has 0 bridgehead atoms. The van der Waals surface area contributed by atoms with Gasteiger partial charge in [0.25, 0.3) is 0 Å². The number of hydrogen-bond acceptors (Lipinski definition) is 2. The van der Waals surface area contributed by atoms with Crippen molar-refractivity contribution >= 4 is 18.2 Å². The molecule has 2 nitrogen and oxygen atoms in total. The van der Waals surface area contributed by atoms with E-state index in [0.29, 0.717) is 5.46 Å². The Balaban J connectivity index is 3.36. The first kappa shape index (κ1) is 13.0. The highest BCUT2D eigenvalue weighted by molar-refractivity contribution is 6.58. The highest BCUT2D eigenvalue weighted by Gasteiger charge is 2.19. The van der Waals surface area contributed by atoms with Crippen molar-refractivity contribution in [2.24, 2.45) is 0 Å². The van der Waals surface area contributed by atoms with Crippen LogP contribution in [0.3, 0.4) is 0 Å². The molecule has 0 spiro atoms. The molecule has 0 aliphatic carbocycles.